The number of hydrogen-bond donors (Lipinski definition) is 2. The molecule has 1 aliphatic carbocycles. The second-order valence-corrected chi connectivity index (χ2v) is 6.71. The molecule has 0 saturated heterocycles. The summed E-state index contributed by atoms with van der Waals surface area (Å²) in [4.78, 5) is 0. The van der Waals surface area contributed by atoms with Crippen molar-refractivity contribution >= 4 is 0 Å². The van der Waals surface area contributed by atoms with Crippen LogP contribution in [0.4, 0.5) is 8.78 Å². The molecule has 1 aromatic rings. The zero-order valence-corrected chi connectivity index (χ0v) is 12.2. The maximum atomic E-state index is 13.5. The van der Waals surface area contributed by atoms with E-state index in [-0.39, 0.29) is 6.54 Å². The molecule has 112 valence electrons. The summed E-state index contributed by atoms with van der Waals surface area (Å²) >= 11 is 0. The van der Waals surface area contributed by atoms with Crippen molar-refractivity contribution in [2.45, 2.75) is 51.7 Å². The quantitative estimate of drug-likeness (QED) is 0.888. The van der Waals surface area contributed by atoms with E-state index in [2.05, 4.69) is 19.2 Å². The lowest BCUT2D eigenvalue weighted by Crippen LogP contribution is -2.44. The maximum Gasteiger partial charge on any atom is 0.163 e. The first-order chi connectivity index (χ1) is 9.31. The largest absolute Gasteiger partial charge is 0.389 e. The van der Waals surface area contributed by atoms with Crippen LogP contribution in [0.15, 0.2) is 18.2 Å². The van der Waals surface area contributed by atoms with E-state index in [0.29, 0.717) is 17.5 Å². The molecule has 0 spiro atoms. The normalized spacial score (nSPS) is 20.9. The van der Waals surface area contributed by atoms with E-state index in [9.17, 15) is 13.9 Å². The summed E-state index contributed by atoms with van der Waals surface area (Å²) in [6.07, 6.45) is 3.47. The zero-order valence-electron chi connectivity index (χ0n) is 12.2. The van der Waals surface area contributed by atoms with E-state index in [1.54, 1.807) is 6.07 Å². The Morgan fingerprint density at radius 1 is 1.15 bits per heavy atom. The van der Waals surface area contributed by atoms with Crippen LogP contribution in [0.25, 0.3) is 0 Å². The first kappa shape index (κ1) is 15.4. The third-order valence-electron chi connectivity index (χ3n) is 4.34. The summed E-state index contributed by atoms with van der Waals surface area (Å²) in [5, 5.41) is 13.5. The second-order valence-electron chi connectivity index (χ2n) is 6.71. The predicted octanol–water partition coefficient (Wildman–Crippen LogP) is 3.39. The van der Waals surface area contributed by atoms with E-state index in [0.717, 1.165) is 31.7 Å². The molecule has 1 aliphatic rings. The van der Waals surface area contributed by atoms with Crippen LogP contribution in [0.1, 0.15) is 45.1 Å². The van der Waals surface area contributed by atoms with Crippen molar-refractivity contribution < 1.29 is 13.9 Å². The summed E-state index contributed by atoms with van der Waals surface area (Å²) < 4.78 is 26.6. The molecule has 2 nitrogen and oxygen atoms in total. The van der Waals surface area contributed by atoms with Crippen LogP contribution in [-0.4, -0.2) is 17.3 Å². The summed E-state index contributed by atoms with van der Waals surface area (Å²) in [5.74, 6) is -1.64. The standard InChI is InChI=1S/C16H23F2NO/c1-15(2)6-8-16(20,9-7-15)11-19-10-12-4-3-5-13(17)14(12)18/h3-5,19-20H,6-11H2,1-2H3. The lowest BCUT2D eigenvalue weighted by molar-refractivity contribution is -0.0245. The first-order valence-electron chi connectivity index (χ1n) is 7.17. The Labute approximate surface area is 119 Å². The predicted molar refractivity (Wildman–Crippen MR) is 75.3 cm³/mol. The molecule has 2 rings (SSSR count). The van der Waals surface area contributed by atoms with E-state index >= 15 is 0 Å². The van der Waals surface area contributed by atoms with E-state index in [4.69, 9.17) is 0 Å². The number of halogens is 2. The molecule has 0 aliphatic heterocycles. The van der Waals surface area contributed by atoms with Gasteiger partial charge in [-0.2, -0.15) is 0 Å². The zero-order chi connectivity index (χ0) is 14.8. The average Bonchev–Trinajstić information content (AvgIpc) is 2.39. The molecule has 1 saturated carbocycles. The highest BCUT2D eigenvalue weighted by molar-refractivity contribution is 5.18. The van der Waals surface area contributed by atoms with Gasteiger partial charge in [0.25, 0.3) is 0 Å². The van der Waals surface area contributed by atoms with Gasteiger partial charge in [0.05, 0.1) is 5.60 Å². The van der Waals surface area contributed by atoms with Crippen LogP contribution in [-0.2, 0) is 6.54 Å². The molecule has 20 heavy (non-hydrogen) atoms. The average molecular weight is 283 g/mol. The van der Waals surface area contributed by atoms with Crippen LogP contribution < -0.4 is 5.32 Å². The Hall–Kier alpha value is -1.00. The number of aliphatic hydroxyl groups is 1. The van der Waals surface area contributed by atoms with Gasteiger partial charge in [-0.3, -0.25) is 0 Å². The van der Waals surface area contributed by atoms with Gasteiger partial charge in [-0.25, -0.2) is 8.78 Å². The van der Waals surface area contributed by atoms with Crippen LogP contribution in [0.2, 0.25) is 0 Å². The monoisotopic (exact) mass is 283 g/mol. The maximum absolute atomic E-state index is 13.5. The minimum absolute atomic E-state index is 0.231. The summed E-state index contributed by atoms with van der Waals surface area (Å²) in [6, 6.07) is 4.16. The van der Waals surface area contributed by atoms with Gasteiger partial charge in [-0.05, 0) is 37.2 Å². The van der Waals surface area contributed by atoms with Crippen molar-refractivity contribution in [3.8, 4) is 0 Å². The van der Waals surface area contributed by atoms with E-state index in [1.165, 1.54) is 6.07 Å². The molecular weight excluding hydrogens is 260 g/mol. The van der Waals surface area contributed by atoms with Gasteiger partial charge >= 0.3 is 0 Å². The van der Waals surface area contributed by atoms with Crippen LogP contribution in [0, 0.1) is 17.0 Å². The Balaban J connectivity index is 1.85. The molecule has 0 radical (unpaired) electrons. The van der Waals surface area contributed by atoms with Crippen molar-refractivity contribution in [2.75, 3.05) is 6.54 Å². The van der Waals surface area contributed by atoms with Crippen LogP contribution in [0.3, 0.4) is 0 Å². The van der Waals surface area contributed by atoms with Gasteiger partial charge in [-0.15, -0.1) is 0 Å². The molecule has 4 heteroatoms. The highest BCUT2D eigenvalue weighted by atomic mass is 19.2. The first-order valence-corrected chi connectivity index (χ1v) is 7.17. The summed E-state index contributed by atoms with van der Waals surface area (Å²) in [7, 11) is 0. The highest BCUT2D eigenvalue weighted by Crippen LogP contribution is 2.39. The Morgan fingerprint density at radius 2 is 1.80 bits per heavy atom. The molecule has 2 N–H and O–H groups in total. The third-order valence-corrected chi connectivity index (χ3v) is 4.34. The molecule has 0 bridgehead atoms. The number of rotatable bonds is 4. The van der Waals surface area contributed by atoms with Crippen molar-refractivity contribution in [1.29, 1.82) is 0 Å². The number of hydrogen-bond acceptors (Lipinski definition) is 2. The lowest BCUT2D eigenvalue weighted by Gasteiger charge is -2.40. The summed E-state index contributed by atoms with van der Waals surface area (Å²) in [6.45, 7) is 5.07. The molecular formula is C16H23F2NO. The SMILES string of the molecule is CC1(C)CCC(O)(CNCc2cccc(F)c2F)CC1. The fraction of sp³-hybridized carbons (Fsp3) is 0.625. The number of benzene rings is 1. The van der Waals surface area contributed by atoms with Gasteiger partial charge in [0.1, 0.15) is 0 Å². The summed E-state index contributed by atoms with van der Waals surface area (Å²) in [5.41, 5.74) is -0.134. The van der Waals surface area contributed by atoms with E-state index < -0.39 is 17.2 Å². The van der Waals surface area contributed by atoms with Gasteiger partial charge in [0, 0.05) is 18.7 Å². The fourth-order valence-electron chi connectivity index (χ4n) is 2.68. The molecule has 0 heterocycles. The van der Waals surface area contributed by atoms with Crippen LogP contribution in [0.5, 0.6) is 0 Å². The second kappa shape index (κ2) is 5.78. The Bertz CT molecular complexity index is 464. The van der Waals surface area contributed by atoms with Crippen molar-refractivity contribution in [3.05, 3.63) is 35.4 Å². The van der Waals surface area contributed by atoms with Crippen molar-refractivity contribution in [1.82, 2.24) is 5.32 Å². The van der Waals surface area contributed by atoms with Gasteiger partial charge in [0.2, 0.25) is 0 Å². The Morgan fingerprint density at radius 3 is 2.45 bits per heavy atom. The topological polar surface area (TPSA) is 32.3 Å². The molecule has 0 atom stereocenters. The number of nitrogens with one attached hydrogen (secondary N) is 1. The van der Waals surface area contributed by atoms with E-state index in [1.807, 2.05) is 0 Å². The minimum atomic E-state index is -0.831. The highest BCUT2D eigenvalue weighted by Gasteiger charge is 2.36. The molecule has 1 aromatic carbocycles. The van der Waals surface area contributed by atoms with Crippen molar-refractivity contribution in [3.63, 3.8) is 0 Å². The molecule has 0 unspecified atom stereocenters. The van der Waals surface area contributed by atoms with Crippen LogP contribution >= 0.6 is 0 Å². The van der Waals surface area contributed by atoms with Gasteiger partial charge in [-0.1, -0.05) is 26.0 Å². The lowest BCUT2D eigenvalue weighted by atomic mass is 9.71. The van der Waals surface area contributed by atoms with Crippen molar-refractivity contribution in [2.24, 2.45) is 5.41 Å². The third kappa shape index (κ3) is 3.76. The molecule has 0 amide bonds. The van der Waals surface area contributed by atoms with Gasteiger partial charge < -0.3 is 10.4 Å². The Kier molecular flexibility index (Phi) is 4.45. The van der Waals surface area contributed by atoms with Gasteiger partial charge in [0.15, 0.2) is 11.6 Å². The smallest absolute Gasteiger partial charge is 0.163 e. The molecule has 1 fully saturated rings. The molecule has 0 aromatic heterocycles. The minimum Gasteiger partial charge on any atom is -0.389 e. The fourth-order valence-corrected chi connectivity index (χ4v) is 2.68.